The summed E-state index contributed by atoms with van der Waals surface area (Å²) in [4.78, 5) is 4.72. The van der Waals surface area contributed by atoms with Crippen LogP contribution in [-0.2, 0) is 6.42 Å². The van der Waals surface area contributed by atoms with Crippen molar-refractivity contribution in [1.29, 1.82) is 0 Å². The molecule has 1 nitrogen and oxygen atoms in total. The predicted molar refractivity (Wildman–Crippen MR) is 222 cm³/mol. The molecular formula is C49H32ClNS. The van der Waals surface area contributed by atoms with Gasteiger partial charge in [-0.15, -0.1) is 0 Å². The summed E-state index contributed by atoms with van der Waals surface area (Å²) in [5, 5.41) is 3.14. The number of hydrogen-bond donors (Lipinski definition) is 0. The lowest BCUT2D eigenvalue weighted by atomic mass is 9.91. The summed E-state index contributed by atoms with van der Waals surface area (Å²) in [6.07, 6.45) is 3.26. The third-order valence-corrected chi connectivity index (χ3v) is 11.8. The highest BCUT2D eigenvalue weighted by Gasteiger charge is 2.28. The Morgan fingerprint density at radius 3 is 2.08 bits per heavy atom. The predicted octanol–water partition coefficient (Wildman–Crippen LogP) is 14.5. The summed E-state index contributed by atoms with van der Waals surface area (Å²) in [5.74, 6) is 0. The van der Waals surface area contributed by atoms with Crippen molar-refractivity contribution in [3.05, 3.63) is 198 Å². The topological polar surface area (TPSA) is 3.24 Å². The third kappa shape index (κ3) is 5.35. The lowest BCUT2D eigenvalue weighted by Crippen LogP contribution is -2.16. The summed E-state index contributed by atoms with van der Waals surface area (Å²) in [6, 6.07) is 63.7. The van der Waals surface area contributed by atoms with Crippen LogP contribution in [0.4, 0.5) is 17.1 Å². The number of rotatable bonds is 4. The van der Waals surface area contributed by atoms with Crippen LogP contribution in [0, 0.1) is 0 Å². The van der Waals surface area contributed by atoms with Gasteiger partial charge in [0.25, 0.3) is 0 Å². The fourth-order valence-corrected chi connectivity index (χ4v) is 9.22. The monoisotopic (exact) mass is 701 g/mol. The van der Waals surface area contributed by atoms with E-state index < -0.39 is 0 Å². The van der Waals surface area contributed by atoms with Gasteiger partial charge < -0.3 is 4.90 Å². The van der Waals surface area contributed by atoms with Gasteiger partial charge in [-0.25, -0.2) is 0 Å². The average molecular weight is 702 g/mol. The van der Waals surface area contributed by atoms with Gasteiger partial charge in [-0.3, -0.25) is 0 Å². The Balaban J connectivity index is 1.07. The van der Waals surface area contributed by atoms with Gasteiger partial charge in [0.2, 0.25) is 0 Å². The summed E-state index contributed by atoms with van der Waals surface area (Å²) in [7, 11) is 0. The summed E-state index contributed by atoms with van der Waals surface area (Å²) < 4.78 is 0. The lowest BCUT2D eigenvalue weighted by Gasteiger charge is -2.34. The highest BCUT2D eigenvalue weighted by Crippen LogP contribution is 2.55. The van der Waals surface area contributed by atoms with Crippen molar-refractivity contribution in [2.75, 3.05) is 4.90 Å². The maximum absolute atomic E-state index is 7.02. The Labute approximate surface area is 313 Å². The molecule has 0 spiro atoms. The zero-order chi connectivity index (χ0) is 34.6. The molecule has 0 saturated carbocycles. The first-order valence-electron chi connectivity index (χ1n) is 17.7. The van der Waals surface area contributed by atoms with Gasteiger partial charge in [0.1, 0.15) is 0 Å². The molecule has 8 aromatic rings. The molecular weight excluding hydrogens is 670 g/mol. The van der Waals surface area contributed by atoms with Crippen LogP contribution in [0.3, 0.4) is 0 Å². The summed E-state index contributed by atoms with van der Waals surface area (Å²) >= 11 is 8.80. The minimum Gasteiger partial charge on any atom is -0.306 e. The van der Waals surface area contributed by atoms with E-state index in [4.69, 9.17) is 11.6 Å². The van der Waals surface area contributed by atoms with Crippen molar-refractivity contribution in [2.24, 2.45) is 0 Å². The van der Waals surface area contributed by atoms with Crippen LogP contribution < -0.4 is 4.90 Å². The van der Waals surface area contributed by atoms with E-state index >= 15 is 0 Å². The molecule has 3 heteroatoms. The molecule has 0 N–H and O–H groups in total. The molecule has 0 unspecified atom stereocenters. The molecule has 0 bridgehead atoms. The van der Waals surface area contributed by atoms with Crippen LogP contribution in [0.2, 0.25) is 5.02 Å². The standard InChI is InChI=1S/C49H32ClNS/c50-44-20-10-22-48-49(44)51(45-21-9-15-33-13-4-7-19-42(33)45)46-31-37(25-26-47(46)52-48)35-17-8-16-34(27-35)36-23-24-39-29-40(32-11-2-1-3-12-32)28-38-14-5-6-18-41(38)43(39)30-36/h1-28,30-31H,29H2. The second kappa shape index (κ2) is 12.8. The van der Waals surface area contributed by atoms with Crippen LogP contribution in [0.25, 0.3) is 55.8 Å². The number of fused-ring (bicyclic) bond motifs is 6. The third-order valence-electron chi connectivity index (χ3n) is 10.3. The molecule has 0 fully saturated rings. The molecule has 1 heterocycles. The normalized spacial score (nSPS) is 13.0. The van der Waals surface area contributed by atoms with Crippen LogP contribution >= 0.6 is 23.4 Å². The maximum atomic E-state index is 7.02. The molecule has 0 aromatic heterocycles. The van der Waals surface area contributed by atoms with Crippen LogP contribution in [0.15, 0.2) is 186 Å². The molecule has 0 saturated heterocycles. The van der Waals surface area contributed by atoms with E-state index in [1.54, 1.807) is 11.8 Å². The minimum absolute atomic E-state index is 0.742. The number of allylic oxidation sites excluding steroid dienone is 1. The van der Waals surface area contributed by atoms with E-state index in [1.807, 2.05) is 12.1 Å². The van der Waals surface area contributed by atoms with Crippen molar-refractivity contribution in [1.82, 2.24) is 0 Å². The van der Waals surface area contributed by atoms with E-state index in [0.29, 0.717) is 0 Å². The number of halogens is 1. The smallest absolute Gasteiger partial charge is 0.0788 e. The molecule has 1 aliphatic heterocycles. The minimum atomic E-state index is 0.742. The number of para-hydroxylation sites is 1. The Kier molecular flexibility index (Phi) is 7.60. The van der Waals surface area contributed by atoms with Crippen molar-refractivity contribution in [3.8, 4) is 33.4 Å². The fourth-order valence-electron chi connectivity index (χ4n) is 7.83. The molecule has 0 amide bonds. The van der Waals surface area contributed by atoms with E-state index in [9.17, 15) is 0 Å². The zero-order valence-corrected chi connectivity index (χ0v) is 29.8. The molecule has 246 valence electrons. The molecule has 10 rings (SSSR count). The first-order valence-corrected chi connectivity index (χ1v) is 18.8. The van der Waals surface area contributed by atoms with Gasteiger partial charge in [0.05, 0.1) is 22.1 Å². The Bertz CT molecular complexity index is 2710. The van der Waals surface area contributed by atoms with Gasteiger partial charge in [0.15, 0.2) is 0 Å². The van der Waals surface area contributed by atoms with Gasteiger partial charge >= 0.3 is 0 Å². The Hall–Kier alpha value is -5.80. The van der Waals surface area contributed by atoms with Crippen molar-refractivity contribution >= 4 is 62.8 Å². The van der Waals surface area contributed by atoms with E-state index in [0.717, 1.165) is 33.4 Å². The average Bonchev–Trinajstić information content (AvgIpc) is 3.37. The van der Waals surface area contributed by atoms with Gasteiger partial charge in [-0.2, -0.15) is 0 Å². The summed E-state index contributed by atoms with van der Waals surface area (Å²) in [6.45, 7) is 0. The van der Waals surface area contributed by atoms with Crippen molar-refractivity contribution < 1.29 is 0 Å². The van der Waals surface area contributed by atoms with Crippen molar-refractivity contribution in [2.45, 2.75) is 16.2 Å². The lowest BCUT2D eigenvalue weighted by molar-refractivity contribution is 1.17. The van der Waals surface area contributed by atoms with E-state index in [1.165, 1.54) is 71.3 Å². The molecule has 52 heavy (non-hydrogen) atoms. The summed E-state index contributed by atoms with van der Waals surface area (Å²) in [5.41, 5.74) is 15.8. The number of nitrogens with zero attached hydrogens (tertiary/aromatic N) is 1. The highest BCUT2D eigenvalue weighted by molar-refractivity contribution is 7.99. The van der Waals surface area contributed by atoms with Crippen LogP contribution in [0.5, 0.6) is 0 Å². The number of anilines is 3. The zero-order valence-electron chi connectivity index (χ0n) is 28.3. The Morgan fingerprint density at radius 1 is 0.481 bits per heavy atom. The van der Waals surface area contributed by atoms with Crippen molar-refractivity contribution in [3.63, 3.8) is 0 Å². The van der Waals surface area contributed by atoms with Gasteiger partial charge in [-0.05, 0) is 110 Å². The highest BCUT2D eigenvalue weighted by atomic mass is 35.5. The number of benzene rings is 8. The Morgan fingerprint density at radius 2 is 1.17 bits per heavy atom. The van der Waals surface area contributed by atoms with Gasteiger partial charge in [0, 0.05) is 15.2 Å². The molecule has 2 aliphatic rings. The second-order valence-corrected chi connectivity index (χ2v) is 14.9. The molecule has 8 aromatic carbocycles. The fraction of sp³-hybridized carbons (Fsp3) is 0.0204. The quantitative estimate of drug-likeness (QED) is 0.180. The van der Waals surface area contributed by atoms with E-state index in [-0.39, 0.29) is 0 Å². The van der Waals surface area contributed by atoms with Crippen LogP contribution in [0.1, 0.15) is 16.7 Å². The molecule has 0 atom stereocenters. The van der Waals surface area contributed by atoms with E-state index in [2.05, 4.69) is 175 Å². The molecule has 0 radical (unpaired) electrons. The first kappa shape index (κ1) is 31.0. The maximum Gasteiger partial charge on any atom is 0.0788 e. The molecule has 1 aliphatic carbocycles. The first-order chi connectivity index (χ1) is 25.7. The number of hydrogen-bond acceptors (Lipinski definition) is 2. The second-order valence-electron chi connectivity index (χ2n) is 13.5. The van der Waals surface area contributed by atoms with Crippen LogP contribution in [-0.4, -0.2) is 0 Å². The van der Waals surface area contributed by atoms with Gasteiger partial charge in [-0.1, -0.05) is 163 Å². The largest absolute Gasteiger partial charge is 0.306 e. The SMILES string of the molecule is Clc1cccc2c1N(c1cccc3ccccc13)c1cc(-c3cccc(-c4ccc5c(c4)-c4ccccc4C=C(c4ccccc4)C5)c3)ccc1S2.